The first kappa shape index (κ1) is 12.3. The zero-order chi connectivity index (χ0) is 12.3. The Morgan fingerprint density at radius 3 is 2.71 bits per heavy atom. The van der Waals surface area contributed by atoms with E-state index in [4.69, 9.17) is 0 Å². The largest absolute Gasteiger partial charge is 0.371 e. The van der Waals surface area contributed by atoms with Crippen molar-refractivity contribution < 1.29 is 9.90 Å². The smallest absolute Gasteiger partial charge is 0.144 e. The Kier molecular flexibility index (Phi) is 3.60. The molecule has 1 aliphatic heterocycles. The quantitative estimate of drug-likeness (QED) is 0.867. The summed E-state index contributed by atoms with van der Waals surface area (Å²) in [5.74, 6) is 0.0984. The van der Waals surface area contributed by atoms with Crippen LogP contribution in [-0.4, -0.2) is 28.9 Å². The predicted octanol–water partition coefficient (Wildman–Crippen LogP) is 1.91. The molecule has 92 valence electrons. The first-order chi connectivity index (χ1) is 8.13. The van der Waals surface area contributed by atoms with Gasteiger partial charge in [0.2, 0.25) is 0 Å². The lowest BCUT2D eigenvalue weighted by Gasteiger charge is -2.43. The van der Waals surface area contributed by atoms with Crippen molar-refractivity contribution in [3.05, 3.63) is 35.9 Å². The maximum Gasteiger partial charge on any atom is 0.144 e. The van der Waals surface area contributed by atoms with E-state index in [0.717, 1.165) is 24.9 Å². The number of carbonyl (C=O) groups excluding carboxylic acids is 1. The highest BCUT2D eigenvalue weighted by atomic mass is 16.3. The summed E-state index contributed by atoms with van der Waals surface area (Å²) < 4.78 is 0. The molecule has 0 spiro atoms. The first-order valence-corrected chi connectivity index (χ1v) is 6.15. The number of likely N-dealkylation sites (tertiary alicyclic amines) is 1. The summed E-state index contributed by atoms with van der Waals surface area (Å²) >= 11 is 0. The van der Waals surface area contributed by atoms with Crippen LogP contribution in [0.3, 0.4) is 0 Å². The first-order valence-electron chi connectivity index (χ1n) is 6.15. The number of nitrogens with zero attached hydrogens (tertiary/aromatic N) is 1. The number of rotatable bonds is 3. The number of aliphatic hydroxyl groups is 1. The van der Waals surface area contributed by atoms with Gasteiger partial charge in [0.25, 0.3) is 0 Å². The van der Waals surface area contributed by atoms with E-state index < -0.39 is 5.72 Å². The molecule has 3 heteroatoms. The van der Waals surface area contributed by atoms with E-state index >= 15 is 0 Å². The molecule has 0 radical (unpaired) electrons. The van der Waals surface area contributed by atoms with E-state index in [0.29, 0.717) is 13.0 Å². The minimum Gasteiger partial charge on any atom is -0.371 e. The molecule has 1 atom stereocenters. The molecule has 0 bridgehead atoms. The molecule has 0 saturated carbocycles. The molecular formula is C14H19NO2. The molecule has 1 aliphatic rings. The Balaban J connectivity index is 2.28. The third-order valence-corrected chi connectivity index (χ3v) is 3.38. The van der Waals surface area contributed by atoms with Crippen molar-refractivity contribution in [1.29, 1.82) is 0 Å². The van der Waals surface area contributed by atoms with Crippen molar-refractivity contribution >= 4 is 5.78 Å². The summed E-state index contributed by atoms with van der Waals surface area (Å²) in [6, 6.07) is 9.64. The van der Waals surface area contributed by atoms with Crippen molar-refractivity contribution in [2.75, 3.05) is 13.1 Å². The Hall–Kier alpha value is -1.19. The number of carbonyl (C=O) groups is 1. The van der Waals surface area contributed by atoms with Crippen LogP contribution in [0.4, 0.5) is 0 Å². The van der Waals surface area contributed by atoms with Gasteiger partial charge in [-0.2, -0.15) is 0 Å². The normalized spacial score (nSPS) is 25.8. The van der Waals surface area contributed by atoms with E-state index in [1.54, 1.807) is 6.92 Å². The second-order valence-electron chi connectivity index (χ2n) is 4.76. The van der Waals surface area contributed by atoms with Gasteiger partial charge in [0.1, 0.15) is 11.5 Å². The fourth-order valence-corrected chi connectivity index (χ4v) is 2.53. The molecule has 3 nitrogen and oxygen atoms in total. The van der Waals surface area contributed by atoms with E-state index in [1.165, 1.54) is 0 Å². The van der Waals surface area contributed by atoms with Crippen LogP contribution in [0.2, 0.25) is 0 Å². The molecule has 1 saturated heterocycles. The Bertz CT molecular complexity index is 390. The minimum absolute atomic E-state index is 0.0984. The summed E-state index contributed by atoms with van der Waals surface area (Å²) in [6.07, 6.45) is 2.74. The van der Waals surface area contributed by atoms with Gasteiger partial charge in [-0.05, 0) is 31.7 Å². The number of hydrogen-bond acceptors (Lipinski definition) is 3. The van der Waals surface area contributed by atoms with Gasteiger partial charge in [-0.1, -0.05) is 30.3 Å². The van der Waals surface area contributed by atoms with Crippen LogP contribution in [0.1, 0.15) is 31.7 Å². The number of hydrogen-bond donors (Lipinski definition) is 1. The monoisotopic (exact) mass is 233 g/mol. The highest BCUT2D eigenvalue weighted by Crippen LogP contribution is 2.34. The number of ketones is 1. The van der Waals surface area contributed by atoms with Crippen LogP contribution in [-0.2, 0) is 10.5 Å². The summed E-state index contributed by atoms with van der Waals surface area (Å²) in [4.78, 5) is 13.2. The highest BCUT2D eigenvalue weighted by Gasteiger charge is 2.38. The van der Waals surface area contributed by atoms with Crippen LogP contribution in [0.5, 0.6) is 0 Å². The Morgan fingerprint density at radius 1 is 1.35 bits per heavy atom. The summed E-state index contributed by atoms with van der Waals surface area (Å²) in [6.45, 7) is 2.68. The second-order valence-corrected chi connectivity index (χ2v) is 4.76. The zero-order valence-electron chi connectivity index (χ0n) is 10.2. The van der Waals surface area contributed by atoms with Crippen LogP contribution in [0.15, 0.2) is 30.3 Å². The topological polar surface area (TPSA) is 40.5 Å². The summed E-state index contributed by atoms with van der Waals surface area (Å²) in [7, 11) is 0. The zero-order valence-corrected chi connectivity index (χ0v) is 10.2. The van der Waals surface area contributed by atoms with Crippen molar-refractivity contribution in [3.63, 3.8) is 0 Å². The summed E-state index contributed by atoms with van der Waals surface area (Å²) in [5, 5.41) is 10.8. The van der Waals surface area contributed by atoms with Crippen LogP contribution in [0, 0.1) is 0 Å². The minimum atomic E-state index is -0.967. The van der Waals surface area contributed by atoms with Crippen molar-refractivity contribution in [2.24, 2.45) is 0 Å². The number of benzene rings is 1. The third kappa shape index (κ3) is 2.56. The highest BCUT2D eigenvalue weighted by molar-refractivity contribution is 5.77. The van der Waals surface area contributed by atoms with Crippen molar-refractivity contribution in [2.45, 2.75) is 31.9 Å². The third-order valence-electron chi connectivity index (χ3n) is 3.38. The molecule has 1 heterocycles. The lowest BCUT2D eigenvalue weighted by Crippen LogP contribution is -2.51. The van der Waals surface area contributed by atoms with Crippen LogP contribution < -0.4 is 0 Å². The van der Waals surface area contributed by atoms with E-state index in [1.807, 2.05) is 35.2 Å². The lowest BCUT2D eigenvalue weighted by atomic mass is 9.91. The van der Waals surface area contributed by atoms with E-state index in [9.17, 15) is 9.90 Å². The average Bonchev–Trinajstić information content (AvgIpc) is 2.33. The van der Waals surface area contributed by atoms with Gasteiger partial charge in [0.05, 0.1) is 6.54 Å². The summed E-state index contributed by atoms with van der Waals surface area (Å²) in [5.41, 5.74) is -0.0773. The molecule has 0 aromatic heterocycles. The fraction of sp³-hybridized carbons (Fsp3) is 0.500. The standard InChI is InChI=1S/C14H19NO2/c1-12(16)11-15-10-6-5-9-14(15,17)13-7-3-2-4-8-13/h2-4,7-8,17H,5-6,9-11H2,1H3. The molecule has 1 aromatic rings. The van der Waals surface area contributed by atoms with Crippen molar-refractivity contribution in [3.8, 4) is 0 Å². The maximum absolute atomic E-state index is 11.3. The van der Waals surface area contributed by atoms with Gasteiger partial charge >= 0.3 is 0 Å². The van der Waals surface area contributed by atoms with Gasteiger partial charge in [-0.3, -0.25) is 9.69 Å². The Morgan fingerprint density at radius 2 is 2.06 bits per heavy atom. The molecular weight excluding hydrogens is 214 g/mol. The van der Waals surface area contributed by atoms with Crippen molar-refractivity contribution in [1.82, 2.24) is 4.90 Å². The second kappa shape index (κ2) is 4.98. The molecule has 1 fully saturated rings. The van der Waals surface area contributed by atoms with Crippen LogP contribution in [0.25, 0.3) is 0 Å². The van der Waals surface area contributed by atoms with Crippen LogP contribution >= 0.6 is 0 Å². The molecule has 2 rings (SSSR count). The number of Topliss-reactive ketones (excluding diaryl/α,β-unsaturated/α-hetero) is 1. The van der Waals surface area contributed by atoms with Gasteiger partial charge in [0.15, 0.2) is 0 Å². The average molecular weight is 233 g/mol. The molecule has 17 heavy (non-hydrogen) atoms. The van der Waals surface area contributed by atoms with Gasteiger partial charge in [0, 0.05) is 6.54 Å². The predicted molar refractivity (Wildman–Crippen MR) is 66.4 cm³/mol. The van der Waals surface area contributed by atoms with E-state index in [-0.39, 0.29) is 5.78 Å². The lowest BCUT2D eigenvalue weighted by molar-refractivity contribution is -0.150. The molecule has 0 amide bonds. The molecule has 1 unspecified atom stereocenters. The Labute approximate surface area is 102 Å². The molecule has 0 aliphatic carbocycles. The SMILES string of the molecule is CC(=O)CN1CCCCC1(O)c1ccccc1. The van der Waals surface area contributed by atoms with Gasteiger partial charge < -0.3 is 5.11 Å². The van der Waals surface area contributed by atoms with Gasteiger partial charge in [-0.25, -0.2) is 0 Å². The number of piperidine rings is 1. The molecule has 1 N–H and O–H groups in total. The van der Waals surface area contributed by atoms with E-state index in [2.05, 4.69) is 0 Å². The van der Waals surface area contributed by atoms with Gasteiger partial charge in [-0.15, -0.1) is 0 Å². The maximum atomic E-state index is 11.3. The fourth-order valence-electron chi connectivity index (χ4n) is 2.53. The molecule has 1 aromatic carbocycles.